The Morgan fingerprint density at radius 3 is 2.94 bits per heavy atom. The molecule has 0 spiro atoms. The number of primary amides is 1. The second-order valence-corrected chi connectivity index (χ2v) is 4.06. The first kappa shape index (κ1) is 9.95. The van der Waals surface area contributed by atoms with E-state index in [1.54, 1.807) is 4.57 Å². The Labute approximate surface area is 96.1 Å². The molecule has 6 heteroatoms. The number of nitrogens with zero attached hydrogens (tertiary/aromatic N) is 3. The number of carbonyl (C=O) groups is 1. The van der Waals surface area contributed by atoms with Crippen LogP contribution in [0.4, 0.5) is 0 Å². The van der Waals surface area contributed by atoms with Gasteiger partial charge in [0.05, 0.1) is 0 Å². The van der Waals surface area contributed by atoms with Gasteiger partial charge in [0.2, 0.25) is 11.3 Å². The Bertz CT molecular complexity index is 677. The average molecular weight is 230 g/mol. The van der Waals surface area contributed by atoms with Gasteiger partial charge in [0.25, 0.3) is 0 Å². The monoisotopic (exact) mass is 230 g/mol. The molecule has 0 bridgehead atoms. The predicted octanol–water partition coefficient (Wildman–Crippen LogP) is -0.236. The highest BCUT2D eigenvalue weighted by Gasteiger charge is 2.28. The quantitative estimate of drug-likeness (QED) is 0.732. The largest absolute Gasteiger partial charge is 0.368 e. The number of amides is 1. The molecule has 2 aromatic heterocycles. The topological polar surface area (TPSA) is 90.9 Å². The van der Waals surface area contributed by atoms with Crippen LogP contribution in [0.3, 0.4) is 0 Å². The first-order valence-corrected chi connectivity index (χ1v) is 5.33. The molecule has 1 atom stereocenters. The average Bonchev–Trinajstić information content (AvgIpc) is 2.73. The third-order valence-corrected chi connectivity index (χ3v) is 3.06. The lowest BCUT2D eigenvalue weighted by molar-refractivity contribution is -0.120. The fraction of sp³-hybridized carbons (Fsp3) is 0.273. The molecule has 1 aliphatic rings. The van der Waals surface area contributed by atoms with Crippen molar-refractivity contribution in [3.05, 3.63) is 34.4 Å². The maximum atomic E-state index is 11.8. The lowest BCUT2D eigenvalue weighted by Crippen LogP contribution is -2.25. The van der Waals surface area contributed by atoms with Crippen LogP contribution in [0.1, 0.15) is 18.2 Å². The van der Waals surface area contributed by atoms with E-state index >= 15 is 0 Å². The Kier molecular flexibility index (Phi) is 1.98. The lowest BCUT2D eigenvalue weighted by atomic mass is 10.2. The van der Waals surface area contributed by atoms with Gasteiger partial charge in [0, 0.05) is 24.2 Å². The fourth-order valence-electron chi connectivity index (χ4n) is 2.33. The molecule has 2 N–H and O–H groups in total. The van der Waals surface area contributed by atoms with Crippen molar-refractivity contribution in [3.63, 3.8) is 0 Å². The van der Waals surface area contributed by atoms with Gasteiger partial charge in [-0.1, -0.05) is 0 Å². The second kappa shape index (κ2) is 3.38. The summed E-state index contributed by atoms with van der Waals surface area (Å²) in [7, 11) is 0. The van der Waals surface area contributed by atoms with Gasteiger partial charge in [-0.3, -0.25) is 9.59 Å². The van der Waals surface area contributed by atoms with E-state index in [1.165, 1.54) is 18.5 Å². The van der Waals surface area contributed by atoms with Crippen molar-refractivity contribution in [2.45, 2.75) is 18.9 Å². The number of aryl methyl sites for hydroxylation is 1. The highest BCUT2D eigenvalue weighted by atomic mass is 16.1. The lowest BCUT2D eigenvalue weighted by Gasteiger charge is -2.13. The zero-order chi connectivity index (χ0) is 12.0. The molecule has 86 valence electrons. The van der Waals surface area contributed by atoms with Crippen LogP contribution < -0.4 is 11.2 Å². The van der Waals surface area contributed by atoms with E-state index in [-0.39, 0.29) is 10.9 Å². The van der Waals surface area contributed by atoms with E-state index in [0.29, 0.717) is 18.5 Å². The number of aromatic nitrogens is 3. The van der Waals surface area contributed by atoms with Crippen LogP contribution in [0.25, 0.3) is 11.2 Å². The Morgan fingerprint density at radius 1 is 1.41 bits per heavy atom. The van der Waals surface area contributed by atoms with Crippen molar-refractivity contribution >= 4 is 17.1 Å². The number of hydrogen-bond acceptors (Lipinski definition) is 4. The summed E-state index contributed by atoms with van der Waals surface area (Å²) in [6, 6.07) is 1.09. The molecule has 6 nitrogen and oxygen atoms in total. The summed E-state index contributed by atoms with van der Waals surface area (Å²) in [5.41, 5.74) is 6.71. The molecule has 17 heavy (non-hydrogen) atoms. The summed E-state index contributed by atoms with van der Waals surface area (Å²) in [5, 5.41) is 0. The number of hydrogen-bond donors (Lipinski definition) is 1. The molecular formula is C11H10N4O2. The van der Waals surface area contributed by atoms with Gasteiger partial charge in [-0.2, -0.15) is 0 Å². The molecule has 0 aliphatic carbocycles. The smallest absolute Gasteiger partial charge is 0.240 e. The van der Waals surface area contributed by atoms with E-state index < -0.39 is 11.9 Å². The van der Waals surface area contributed by atoms with Crippen molar-refractivity contribution in [1.29, 1.82) is 0 Å². The minimum atomic E-state index is -0.426. The summed E-state index contributed by atoms with van der Waals surface area (Å²) in [6.45, 7) is 0. The van der Waals surface area contributed by atoms with Gasteiger partial charge in [-0.05, 0) is 12.8 Å². The molecular weight excluding hydrogens is 220 g/mol. The van der Waals surface area contributed by atoms with Crippen LogP contribution in [0, 0.1) is 0 Å². The van der Waals surface area contributed by atoms with Crippen LogP contribution in [0.2, 0.25) is 0 Å². The van der Waals surface area contributed by atoms with Crippen LogP contribution in [0.15, 0.2) is 23.3 Å². The SMILES string of the molecule is NC(=O)C1CCc2cc(=O)c3nccnc3n21. The maximum absolute atomic E-state index is 11.8. The molecule has 1 amide bonds. The molecule has 1 unspecified atom stereocenters. The molecule has 0 radical (unpaired) electrons. The van der Waals surface area contributed by atoms with Gasteiger partial charge < -0.3 is 10.3 Å². The molecule has 0 fully saturated rings. The van der Waals surface area contributed by atoms with E-state index in [9.17, 15) is 9.59 Å². The van der Waals surface area contributed by atoms with Crippen molar-refractivity contribution in [1.82, 2.24) is 14.5 Å². The first-order chi connectivity index (χ1) is 8.18. The zero-order valence-electron chi connectivity index (χ0n) is 8.96. The van der Waals surface area contributed by atoms with Crippen molar-refractivity contribution in [2.24, 2.45) is 5.73 Å². The summed E-state index contributed by atoms with van der Waals surface area (Å²) in [5.74, 6) is -0.403. The summed E-state index contributed by atoms with van der Waals surface area (Å²) >= 11 is 0. The zero-order valence-corrected chi connectivity index (χ0v) is 8.96. The fourth-order valence-corrected chi connectivity index (χ4v) is 2.33. The van der Waals surface area contributed by atoms with Crippen LogP contribution in [0.5, 0.6) is 0 Å². The van der Waals surface area contributed by atoms with Crippen molar-refractivity contribution in [3.8, 4) is 0 Å². The summed E-state index contributed by atoms with van der Waals surface area (Å²) < 4.78 is 1.73. The Balaban J connectivity index is 2.41. The van der Waals surface area contributed by atoms with Crippen LogP contribution >= 0.6 is 0 Å². The van der Waals surface area contributed by atoms with Crippen LogP contribution in [-0.4, -0.2) is 20.4 Å². The molecule has 1 aliphatic heterocycles. The molecule has 2 aromatic rings. The minimum Gasteiger partial charge on any atom is -0.368 e. The standard InChI is InChI=1S/C11H10N4O2/c12-10(17)7-2-1-6-5-8(16)9-11(15(6)7)14-4-3-13-9/h3-5,7H,1-2H2,(H2,12,17). The van der Waals surface area contributed by atoms with E-state index in [0.717, 1.165) is 5.69 Å². The number of pyridine rings is 1. The predicted molar refractivity (Wildman–Crippen MR) is 60.4 cm³/mol. The van der Waals surface area contributed by atoms with Gasteiger partial charge in [-0.15, -0.1) is 0 Å². The van der Waals surface area contributed by atoms with Gasteiger partial charge in [-0.25, -0.2) is 9.97 Å². The van der Waals surface area contributed by atoms with Gasteiger partial charge in [0.15, 0.2) is 11.2 Å². The Morgan fingerprint density at radius 2 is 2.18 bits per heavy atom. The highest BCUT2D eigenvalue weighted by molar-refractivity contribution is 5.82. The first-order valence-electron chi connectivity index (χ1n) is 5.33. The number of nitrogens with two attached hydrogens (primary N) is 1. The number of rotatable bonds is 1. The molecule has 0 saturated carbocycles. The van der Waals surface area contributed by atoms with Gasteiger partial charge in [0.1, 0.15) is 6.04 Å². The third kappa shape index (κ3) is 1.33. The molecule has 0 aromatic carbocycles. The van der Waals surface area contributed by atoms with E-state index in [2.05, 4.69) is 9.97 Å². The molecule has 3 rings (SSSR count). The summed E-state index contributed by atoms with van der Waals surface area (Å²) in [4.78, 5) is 31.3. The summed E-state index contributed by atoms with van der Waals surface area (Å²) in [6.07, 6.45) is 4.25. The maximum Gasteiger partial charge on any atom is 0.240 e. The van der Waals surface area contributed by atoms with E-state index in [1.807, 2.05) is 0 Å². The van der Waals surface area contributed by atoms with Crippen molar-refractivity contribution in [2.75, 3.05) is 0 Å². The third-order valence-electron chi connectivity index (χ3n) is 3.06. The highest BCUT2D eigenvalue weighted by Crippen LogP contribution is 2.27. The number of carbonyl (C=O) groups excluding carboxylic acids is 1. The normalized spacial score (nSPS) is 18.2. The van der Waals surface area contributed by atoms with Crippen LogP contribution in [-0.2, 0) is 11.2 Å². The Hall–Kier alpha value is -2.24. The second-order valence-electron chi connectivity index (χ2n) is 4.06. The van der Waals surface area contributed by atoms with E-state index in [4.69, 9.17) is 5.73 Å². The van der Waals surface area contributed by atoms with Gasteiger partial charge >= 0.3 is 0 Å². The molecule has 0 saturated heterocycles. The minimum absolute atomic E-state index is 0.163. The van der Waals surface area contributed by atoms with Crippen molar-refractivity contribution < 1.29 is 4.79 Å². The number of fused-ring (bicyclic) bond motifs is 3. The molecule has 3 heterocycles.